The fourth-order valence-corrected chi connectivity index (χ4v) is 5.68. The van der Waals surface area contributed by atoms with Crippen LogP contribution in [0.1, 0.15) is 70.9 Å². The Bertz CT molecular complexity index is 1090. The van der Waals surface area contributed by atoms with E-state index >= 15 is 0 Å². The van der Waals surface area contributed by atoms with Crippen LogP contribution in [0.2, 0.25) is 0 Å². The van der Waals surface area contributed by atoms with Crippen molar-refractivity contribution in [3.8, 4) is 5.88 Å². The molecule has 2 aromatic heterocycles. The lowest BCUT2D eigenvalue weighted by atomic mass is 9.53. The van der Waals surface area contributed by atoms with E-state index in [0.29, 0.717) is 47.1 Å². The summed E-state index contributed by atoms with van der Waals surface area (Å²) in [6, 6.07) is 1.88. The van der Waals surface area contributed by atoms with E-state index in [1.807, 2.05) is 0 Å². The average molecular weight is 487 g/mol. The standard InChI is InChI=1S/C23H30N6O4S/c1-12(2)10-25-22-29-28-21(34-22)19(31)26-14-6-23(7-14)8-15(9-23)33-20-16(18(24)30)5-13-11-32-4-3-17(13)27-20/h5,12,14-15H,3-4,6-11H2,1-2H3,(H2,24,30)(H,25,29)(H,26,31). The van der Waals surface area contributed by atoms with E-state index in [2.05, 4.69) is 39.7 Å². The summed E-state index contributed by atoms with van der Waals surface area (Å²) in [4.78, 5) is 29.0. The summed E-state index contributed by atoms with van der Waals surface area (Å²) in [5, 5.41) is 15.4. The number of hydrogen-bond donors (Lipinski definition) is 3. The minimum atomic E-state index is -0.546. The Morgan fingerprint density at radius 3 is 2.82 bits per heavy atom. The number of pyridine rings is 1. The molecule has 10 nitrogen and oxygen atoms in total. The van der Waals surface area contributed by atoms with Gasteiger partial charge >= 0.3 is 0 Å². The van der Waals surface area contributed by atoms with Crippen molar-refractivity contribution in [2.75, 3.05) is 18.5 Å². The number of carbonyl (C=O) groups excluding carboxylic acids is 2. The average Bonchev–Trinajstić information content (AvgIpc) is 3.23. The largest absolute Gasteiger partial charge is 0.474 e. The number of nitrogens with two attached hydrogens (primary N) is 1. The quantitative estimate of drug-likeness (QED) is 0.516. The molecule has 0 aromatic carbocycles. The molecular weight excluding hydrogens is 456 g/mol. The molecule has 0 saturated heterocycles. The van der Waals surface area contributed by atoms with Gasteiger partial charge in [-0.2, -0.15) is 0 Å². The summed E-state index contributed by atoms with van der Waals surface area (Å²) < 4.78 is 11.6. The molecule has 2 fully saturated rings. The van der Waals surface area contributed by atoms with Crippen molar-refractivity contribution in [1.82, 2.24) is 20.5 Å². The summed E-state index contributed by atoms with van der Waals surface area (Å²) in [6.45, 7) is 6.07. The van der Waals surface area contributed by atoms with Crippen LogP contribution in [-0.2, 0) is 17.8 Å². The maximum atomic E-state index is 12.5. The van der Waals surface area contributed by atoms with E-state index in [0.717, 1.165) is 43.5 Å². The molecule has 182 valence electrons. The van der Waals surface area contributed by atoms with Gasteiger partial charge in [0.25, 0.3) is 11.8 Å². The van der Waals surface area contributed by atoms with Crippen LogP contribution in [0.3, 0.4) is 0 Å². The van der Waals surface area contributed by atoms with Gasteiger partial charge in [-0.15, -0.1) is 10.2 Å². The van der Waals surface area contributed by atoms with Crippen LogP contribution in [0.25, 0.3) is 0 Å². The highest BCUT2D eigenvalue weighted by molar-refractivity contribution is 7.17. The maximum absolute atomic E-state index is 12.5. The van der Waals surface area contributed by atoms with Crippen LogP contribution in [0.5, 0.6) is 5.88 Å². The predicted octanol–water partition coefficient (Wildman–Crippen LogP) is 2.29. The normalized spacial score (nSPS) is 25.3. The van der Waals surface area contributed by atoms with Crippen LogP contribution < -0.4 is 21.1 Å². The van der Waals surface area contributed by atoms with Crippen molar-refractivity contribution >= 4 is 28.3 Å². The number of primary amides is 1. The second-order valence-corrected chi connectivity index (χ2v) is 11.0. The van der Waals surface area contributed by atoms with Gasteiger partial charge in [0.2, 0.25) is 16.0 Å². The van der Waals surface area contributed by atoms with Gasteiger partial charge in [-0.3, -0.25) is 9.59 Å². The summed E-state index contributed by atoms with van der Waals surface area (Å²) in [5.74, 6) is 0.101. The predicted molar refractivity (Wildman–Crippen MR) is 126 cm³/mol. The van der Waals surface area contributed by atoms with Crippen LogP contribution in [0.4, 0.5) is 5.13 Å². The number of amides is 2. The number of nitrogens with zero attached hydrogens (tertiary/aromatic N) is 3. The van der Waals surface area contributed by atoms with E-state index in [-0.39, 0.29) is 23.5 Å². The van der Waals surface area contributed by atoms with E-state index < -0.39 is 5.91 Å². The lowest BCUT2D eigenvalue weighted by molar-refractivity contribution is -0.0849. The third-order valence-corrected chi connectivity index (χ3v) is 7.62. The van der Waals surface area contributed by atoms with Crippen molar-refractivity contribution in [2.24, 2.45) is 17.1 Å². The van der Waals surface area contributed by atoms with Crippen LogP contribution in [0.15, 0.2) is 6.07 Å². The molecule has 0 atom stereocenters. The molecule has 2 amide bonds. The number of rotatable bonds is 8. The topological polar surface area (TPSA) is 141 Å². The second kappa shape index (κ2) is 9.10. The number of aromatic nitrogens is 3. The van der Waals surface area contributed by atoms with Gasteiger partial charge in [0.1, 0.15) is 11.7 Å². The van der Waals surface area contributed by atoms with E-state index in [1.165, 1.54) is 11.3 Å². The molecule has 34 heavy (non-hydrogen) atoms. The summed E-state index contributed by atoms with van der Waals surface area (Å²) in [7, 11) is 0. The van der Waals surface area contributed by atoms with Gasteiger partial charge in [-0.05, 0) is 43.1 Å². The van der Waals surface area contributed by atoms with Crippen LogP contribution in [0, 0.1) is 11.3 Å². The lowest BCUT2D eigenvalue weighted by Gasteiger charge is -2.57. The van der Waals surface area contributed by atoms with Gasteiger partial charge in [0.05, 0.1) is 18.9 Å². The van der Waals surface area contributed by atoms with Gasteiger partial charge in [0, 0.05) is 24.6 Å². The molecule has 0 bridgehead atoms. The van der Waals surface area contributed by atoms with Crippen molar-refractivity contribution in [3.63, 3.8) is 0 Å². The molecule has 4 N–H and O–H groups in total. The summed E-state index contributed by atoms with van der Waals surface area (Å²) in [5.41, 5.74) is 7.86. The fraction of sp³-hybridized carbons (Fsp3) is 0.609. The highest BCUT2D eigenvalue weighted by Gasteiger charge is 2.54. The van der Waals surface area contributed by atoms with Crippen molar-refractivity contribution in [3.05, 3.63) is 27.9 Å². The van der Waals surface area contributed by atoms with Crippen LogP contribution >= 0.6 is 11.3 Å². The first-order chi connectivity index (χ1) is 16.3. The van der Waals surface area contributed by atoms with E-state index in [4.69, 9.17) is 15.2 Å². The van der Waals surface area contributed by atoms with E-state index in [9.17, 15) is 9.59 Å². The van der Waals surface area contributed by atoms with Crippen molar-refractivity contribution < 1.29 is 19.1 Å². The fourth-order valence-electron chi connectivity index (χ4n) is 5.03. The molecule has 0 unspecified atom stereocenters. The number of hydrogen-bond acceptors (Lipinski definition) is 9. The number of anilines is 1. The Morgan fingerprint density at radius 1 is 1.29 bits per heavy atom. The van der Waals surface area contributed by atoms with E-state index in [1.54, 1.807) is 6.07 Å². The monoisotopic (exact) mass is 486 g/mol. The SMILES string of the molecule is CC(C)CNc1nnc(C(=O)NC2CC3(C2)CC(Oc2nc4c(cc2C(N)=O)COCC4)C3)s1. The first-order valence-electron chi connectivity index (χ1n) is 11.8. The lowest BCUT2D eigenvalue weighted by Crippen LogP contribution is -2.58. The minimum Gasteiger partial charge on any atom is -0.474 e. The van der Waals surface area contributed by atoms with Gasteiger partial charge in [-0.1, -0.05) is 25.2 Å². The Hall–Kier alpha value is -2.79. The minimum absolute atomic E-state index is 0.00195. The summed E-state index contributed by atoms with van der Waals surface area (Å²) in [6.07, 6.45) is 4.27. The van der Waals surface area contributed by atoms with Gasteiger partial charge in [-0.25, -0.2) is 4.98 Å². The number of nitrogens with one attached hydrogen (secondary N) is 2. The summed E-state index contributed by atoms with van der Waals surface area (Å²) >= 11 is 1.28. The molecule has 3 heterocycles. The number of ether oxygens (including phenoxy) is 2. The second-order valence-electron chi connectivity index (χ2n) is 10.0. The Labute approximate surface area is 202 Å². The molecule has 2 aromatic rings. The zero-order valence-electron chi connectivity index (χ0n) is 19.4. The molecule has 2 saturated carbocycles. The first-order valence-corrected chi connectivity index (χ1v) is 12.6. The van der Waals surface area contributed by atoms with Crippen molar-refractivity contribution in [1.29, 1.82) is 0 Å². The molecule has 0 radical (unpaired) electrons. The van der Waals surface area contributed by atoms with Gasteiger partial charge < -0.3 is 25.8 Å². The Kier molecular flexibility index (Phi) is 6.15. The Balaban J connectivity index is 1.11. The smallest absolute Gasteiger partial charge is 0.282 e. The molecule has 11 heteroatoms. The zero-order chi connectivity index (χ0) is 23.9. The molecular formula is C23H30N6O4S. The van der Waals surface area contributed by atoms with Gasteiger partial charge in [0.15, 0.2) is 0 Å². The maximum Gasteiger partial charge on any atom is 0.282 e. The zero-order valence-corrected chi connectivity index (χ0v) is 20.2. The molecule has 1 aliphatic heterocycles. The Morgan fingerprint density at radius 2 is 2.09 bits per heavy atom. The third-order valence-electron chi connectivity index (χ3n) is 6.74. The number of carbonyl (C=O) groups is 2. The highest BCUT2D eigenvalue weighted by Crippen LogP contribution is 2.56. The number of fused-ring (bicyclic) bond motifs is 1. The molecule has 1 spiro atoms. The molecule has 5 rings (SSSR count). The van der Waals surface area contributed by atoms with Crippen LogP contribution in [-0.4, -0.2) is 52.3 Å². The first kappa shape index (κ1) is 23.0. The molecule has 2 aliphatic carbocycles. The molecule has 3 aliphatic rings. The third kappa shape index (κ3) is 4.72. The van der Waals surface area contributed by atoms with Crippen molar-refractivity contribution in [2.45, 2.75) is 64.7 Å². The highest BCUT2D eigenvalue weighted by atomic mass is 32.1.